The summed E-state index contributed by atoms with van der Waals surface area (Å²) in [6.07, 6.45) is 3.91. The Hall–Kier alpha value is -0.130. The maximum absolute atomic E-state index is 12.4. The van der Waals surface area contributed by atoms with Crippen LogP contribution < -0.4 is 5.32 Å². The molecule has 0 aromatic carbocycles. The lowest BCUT2D eigenvalue weighted by atomic mass is 10.4. The van der Waals surface area contributed by atoms with Gasteiger partial charge >= 0.3 is 0 Å². The van der Waals surface area contributed by atoms with E-state index in [1.54, 1.807) is 0 Å². The molecule has 16 heavy (non-hydrogen) atoms. The van der Waals surface area contributed by atoms with E-state index < -0.39 is 9.84 Å². The van der Waals surface area contributed by atoms with E-state index in [9.17, 15) is 8.42 Å². The zero-order chi connectivity index (χ0) is 11.6. The van der Waals surface area contributed by atoms with Gasteiger partial charge in [0.15, 0.2) is 9.84 Å². The van der Waals surface area contributed by atoms with Gasteiger partial charge in [-0.2, -0.15) is 0 Å². The predicted molar refractivity (Wildman–Crippen MR) is 65.1 cm³/mol. The second-order valence-corrected chi connectivity index (χ2v) is 7.41. The van der Waals surface area contributed by atoms with E-state index in [1.807, 2.05) is 6.92 Å². The number of nitrogens with zero attached hydrogens (tertiary/aromatic N) is 1. The van der Waals surface area contributed by atoms with Crippen molar-refractivity contribution in [2.24, 2.45) is 0 Å². The van der Waals surface area contributed by atoms with Crippen LogP contribution >= 0.6 is 0 Å². The van der Waals surface area contributed by atoms with Crippen molar-refractivity contribution in [1.82, 2.24) is 10.2 Å². The molecule has 2 aliphatic rings. The van der Waals surface area contributed by atoms with Gasteiger partial charge in [0.1, 0.15) is 5.37 Å². The van der Waals surface area contributed by atoms with Crippen LogP contribution in [-0.4, -0.2) is 50.1 Å². The van der Waals surface area contributed by atoms with E-state index in [2.05, 4.69) is 10.2 Å². The van der Waals surface area contributed by atoms with E-state index in [4.69, 9.17) is 0 Å². The molecule has 1 heterocycles. The van der Waals surface area contributed by atoms with E-state index in [0.29, 0.717) is 0 Å². The van der Waals surface area contributed by atoms with Gasteiger partial charge in [0.05, 0.1) is 5.25 Å². The second-order valence-electron chi connectivity index (χ2n) is 4.88. The Bertz CT molecular complexity index is 317. The third-order valence-electron chi connectivity index (χ3n) is 3.91. The molecule has 94 valence electrons. The summed E-state index contributed by atoms with van der Waals surface area (Å²) in [7, 11) is -2.94. The zero-order valence-electron chi connectivity index (χ0n) is 9.98. The van der Waals surface area contributed by atoms with Crippen LogP contribution in [-0.2, 0) is 9.84 Å². The normalized spacial score (nSPS) is 27.1. The van der Waals surface area contributed by atoms with Crippen molar-refractivity contribution in [1.29, 1.82) is 0 Å². The molecule has 4 nitrogen and oxygen atoms in total. The van der Waals surface area contributed by atoms with Crippen LogP contribution in [0.3, 0.4) is 0 Å². The van der Waals surface area contributed by atoms with Gasteiger partial charge < -0.3 is 5.32 Å². The van der Waals surface area contributed by atoms with Crippen molar-refractivity contribution < 1.29 is 8.42 Å². The molecule has 2 rings (SSSR count). The maximum Gasteiger partial charge on any atom is 0.168 e. The number of hydrogen-bond donors (Lipinski definition) is 1. The Morgan fingerprint density at radius 2 is 1.75 bits per heavy atom. The summed E-state index contributed by atoms with van der Waals surface area (Å²) in [6, 6.07) is 0. The average Bonchev–Trinajstić information content (AvgIpc) is 2.83. The van der Waals surface area contributed by atoms with Gasteiger partial charge in [-0.25, -0.2) is 8.42 Å². The highest BCUT2D eigenvalue weighted by atomic mass is 32.2. The van der Waals surface area contributed by atoms with Crippen LogP contribution in [0.2, 0.25) is 0 Å². The van der Waals surface area contributed by atoms with Gasteiger partial charge in [-0.3, -0.25) is 4.90 Å². The first-order valence-corrected chi connectivity index (χ1v) is 7.91. The van der Waals surface area contributed by atoms with Crippen LogP contribution in [0.4, 0.5) is 0 Å². The Morgan fingerprint density at radius 1 is 1.19 bits per heavy atom. The SMILES string of the molecule is CC(N1CCNCC1)S(=O)(=O)C1CCCC1. The first kappa shape index (κ1) is 12.3. The quantitative estimate of drug-likeness (QED) is 0.792. The van der Waals surface area contributed by atoms with Gasteiger partial charge in [-0.05, 0) is 19.8 Å². The van der Waals surface area contributed by atoms with E-state index >= 15 is 0 Å². The molecule has 0 spiro atoms. The fourth-order valence-corrected chi connectivity index (χ4v) is 4.92. The smallest absolute Gasteiger partial charge is 0.168 e. The van der Waals surface area contributed by atoms with Gasteiger partial charge in [0, 0.05) is 26.2 Å². The van der Waals surface area contributed by atoms with Crippen molar-refractivity contribution in [2.45, 2.75) is 43.2 Å². The lowest BCUT2D eigenvalue weighted by molar-refractivity contribution is 0.226. The first-order chi connectivity index (χ1) is 7.62. The molecule has 1 aliphatic carbocycles. The lowest BCUT2D eigenvalue weighted by Crippen LogP contribution is -2.51. The Labute approximate surface area is 98.3 Å². The maximum atomic E-state index is 12.4. The van der Waals surface area contributed by atoms with E-state index in [1.165, 1.54) is 0 Å². The minimum atomic E-state index is -2.94. The minimum absolute atomic E-state index is 0.0719. The summed E-state index contributed by atoms with van der Waals surface area (Å²) in [5.74, 6) is 0. The fraction of sp³-hybridized carbons (Fsp3) is 1.00. The molecule has 0 aromatic rings. The van der Waals surface area contributed by atoms with Crippen molar-refractivity contribution in [3.8, 4) is 0 Å². The van der Waals surface area contributed by atoms with E-state index in [0.717, 1.165) is 51.9 Å². The van der Waals surface area contributed by atoms with Crippen LogP contribution in [0.15, 0.2) is 0 Å². The van der Waals surface area contributed by atoms with Gasteiger partial charge in [-0.15, -0.1) is 0 Å². The Kier molecular flexibility index (Phi) is 3.87. The Morgan fingerprint density at radius 3 is 2.31 bits per heavy atom. The molecule has 1 aliphatic heterocycles. The van der Waals surface area contributed by atoms with Crippen molar-refractivity contribution in [2.75, 3.05) is 26.2 Å². The molecule has 0 aromatic heterocycles. The highest BCUT2D eigenvalue weighted by Gasteiger charge is 2.36. The number of nitrogens with one attached hydrogen (secondary N) is 1. The fourth-order valence-electron chi connectivity index (χ4n) is 2.75. The van der Waals surface area contributed by atoms with Crippen LogP contribution in [0.1, 0.15) is 32.6 Å². The minimum Gasteiger partial charge on any atom is -0.314 e. The largest absolute Gasteiger partial charge is 0.314 e. The third-order valence-corrected chi connectivity index (χ3v) is 6.56. The van der Waals surface area contributed by atoms with Gasteiger partial charge in [0.25, 0.3) is 0 Å². The first-order valence-electron chi connectivity index (χ1n) is 6.30. The molecule has 1 N–H and O–H groups in total. The van der Waals surface area contributed by atoms with Crippen LogP contribution in [0, 0.1) is 0 Å². The van der Waals surface area contributed by atoms with Crippen molar-refractivity contribution in [3.05, 3.63) is 0 Å². The topological polar surface area (TPSA) is 49.4 Å². The van der Waals surface area contributed by atoms with Crippen LogP contribution in [0.5, 0.6) is 0 Å². The van der Waals surface area contributed by atoms with Crippen LogP contribution in [0.25, 0.3) is 0 Å². The summed E-state index contributed by atoms with van der Waals surface area (Å²) < 4.78 is 24.7. The number of hydrogen-bond acceptors (Lipinski definition) is 4. The van der Waals surface area contributed by atoms with Gasteiger partial charge in [0.2, 0.25) is 0 Å². The molecule has 1 unspecified atom stereocenters. The summed E-state index contributed by atoms with van der Waals surface area (Å²) in [5, 5.41) is 2.89. The molecule has 0 bridgehead atoms. The van der Waals surface area contributed by atoms with Crippen molar-refractivity contribution in [3.63, 3.8) is 0 Å². The monoisotopic (exact) mass is 246 g/mol. The third kappa shape index (κ3) is 2.41. The Balaban J connectivity index is 2.03. The molecule has 1 saturated heterocycles. The second kappa shape index (κ2) is 5.02. The molecule has 1 atom stereocenters. The molecule has 0 amide bonds. The molecular weight excluding hydrogens is 224 g/mol. The zero-order valence-corrected chi connectivity index (χ0v) is 10.8. The number of rotatable bonds is 3. The average molecular weight is 246 g/mol. The predicted octanol–water partition coefficient (Wildman–Crippen LogP) is 0.595. The van der Waals surface area contributed by atoms with E-state index in [-0.39, 0.29) is 10.6 Å². The lowest BCUT2D eigenvalue weighted by Gasteiger charge is -2.33. The molecule has 0 radical (unpaired) electrons. The number of sulfone groups is 1. The molecule has 2 fully saturated rings. The van der Waals surface area contributed by atoms with Gasteiger partial charge in [-0.1, -0.05) is 12.8 Å². The molecule has 5 heteroatoms. The summed E-state index contributed by atoms with van der Waals surface area (Å²) in [4.78, 5) is 2.10. The molecular formula is C11H22N2O2S. The summed E-state index contributed by atoms with van der Waals surface area (Å²) in [6.45, 7) is 5.38. The molecule has 1 saturated carbocycles. The van der Waals surface area contributed by atoms with Crippen molar-refractivity contribution >= 4 is 9.84 Å². The highest BCUT2D eigenvalue weighted by molar-refractivity contribution is 7.92. The summed E-state index contributed by atoms with van der Waals surface area (Å²) in [5.41, 5.74) is 0. The standard InChI is InChI=1S/C11H22N2O2S/c1-10(13-8-6-12-7-9-13)16(14,15)11-4-2-3-5-11/h10-12H,2-9H2,1H3. The highest BCUT2D eigenvalue weighted by Crippen LogP contribution is 2.28. The number of piperazine rings is 1. The summed E-state index contributed by atoms with van der Waals surface area (Å²) >= 11 is 0.